The number of amides is 1. The Labute approximate surface area is 229 Å². The van der Waals surface area contributed by atoms with E-state index in [2.05, 4.69) is 30.7 Å². The number of imidazole rings is 1. The normalized spacial score (nSPS) is 17.3. The van der Waals surface area contributed by atoms with Crippen LogP contribution in [0.1, 0.15) is 64.7 Å². The topological polar surface area (TPSA) is 114 Å². The van der Waals surface area contributed by atoms with Gasteiger partial charge in [0, 0.05) is 6.20 Å². The first kappa shape index (κ1) is 26.3. The molecule has 1 aliphatic heterocycles. The number of rotatable bonds is 4. The number of methoxy groups -OCH3 is 1. The van der Waals surface area contributed by atoms with Gasteiger partial charge in [-0.3, -0.25) is 18.9 Å². The minimum Gasteiger partial charge on any atom is -0.505 e. The molecule has 200 valence electrons. The number of hydrogen-bond donors (Lipinski definition) is 1. The summed E-state index contributed by atoms with van der Waals surface area (Å²) in [5.41, 5.74) is 3.29. The number of hydrogen-bond acceptors (Lipinski definition) is 8. The number of aliphatic hydroxyl groups excluding tert-OH is 1. The highest BCUT2D eigenvalue weighted by Crippen LogP contribution is 2.44. The number of fused-ring (bicyclic) bond motifs is 1. The van der Waals surface area contributed by atoms with E-state index < -0.39 is 23.7 Å². The third kappa shape index (κ3) is 4.30. The highest BCUT2D eigenvalue weighted by Gasteiger charge is 2.49. The van der Waals surface area contributed by atoms with Crippen LogP contribution in [0.15, 0.2) is 54.2 Å². The van der Waals surface area contributed by atoms with Gasteiger partial charge in [0.25, 0.3) is 5.78 Å². The summed E-state index contributed by atoms with van der Waals surface area (Å²) < 4.78 is 6.54. The lowest BCUT2D eigenvalue weighted by Gasteiger charge is -2.24. The van der Waals surface area contributed by atoms with Gasteiger partial charge < -0.3 is 9.84 Å². The monoisotopic (exact) mass is 544 g/mol. The average molecular weight is 545 g/mol. The molecule has 1 saturated heterocycles. The van der Waals surface area contributed by atoms with Crippen molar-refractivity contribution in [2.45, 2.75) is 46.1 Å². The Bertz CT molecular complexity index is 1670. The summed E-state index contributed by atoms with van der Waals surface area (Å²) in [6.07, 6.45) is 1.74. The van der Waals surface area contributed by atoms with Crippen LogP contribution in [-0.2, 0) is 19.7 Å². The molecule has 4 heterocycles. The maximum atomic E-state index is 13.6. The summed E-state index contributed by atoms with van der Waals surface area (Å²) >= 11 is 0.963. The van der Waals surface area contributed by atoms with Crippen LogP contribution in [-0.4, -0.2) is 44.2 Å². The second-order valence-electron chi connectivity index (χ2n) is 10.4. The predicted octanol–water partition coefficient (Wildman–Crippen LogP) is 5.12. The second kappa shape index (κ2) is 9.46. The van der Waals surface area contributed by atoms with E-state index in [0.717, 1.165) is 16.9 Å². The lowest BCUT2D eigenvalue weighted by atomic mass is 9.85. The maximum absolute atomic E-state index is 13.6. The number of pyridine rings is 1. The fourth-order valence-corrected chi connectivity index (χ4v) is 5.82. The zero-order chi connectivity index (χ0) is 28.2. The average Bonchev–Trinajstić information content (AvgIpc) is 3.53. The molecule has 10 heteroatoms. The predicted molar refractivity (Wildman–Crippen MR) is 148 cm³/mol. The summed E-state index contributed by atoms with van der Waals surface area (Å²) in [4.78, 5) is 49.9. The molecular weight excluding hydrogens is 516 g/mol. The van der Waals surface area contributed by atoms with Crippen molar-refractivity contribution in [3.63, 3.8) is 0 Å². The zero-order valence-corrected chi connectivity index (χ0v) is 23.3. The Hall–Kier alpha value is -4.31. The first-order valence-corrected chi connectivity index (χ1v) is 13.2. The van der Waals surface area contributed by atoms with Gasteiger partial charge in [0.2, 0.25) is 0 Å². The lowest BCUT2D eigenvalue weighted by molar-refractivity contribution is -0.132. The second-order valence-corrected chi connectivity index (χ2v) is 11.4. The first-order valence-electron chi connectivity index (χ1n) is 12.3. The lowest BCUT2D eigenvalue weighted by Crippen LogP contribution is -2.29. The largest absolute Gasteiger partial charge is 0.505 e. The van der Waals surface area contributed by atoms with Gasteiger partial charge in [-0.2, -0.15) is 0 Å². The number of carbonyl (C=O) groups is 3. The van der Waals surface area contributed by atoms with Crippen molar-refractivity contribution in [3.05, 3.63) is 87.3 Å². The molecule has 1 N–H and O–H groups in total. The molecule has 39 heavy (non-hydrogen) atoms. The number of aryl methyl sites for hydroxylation is 2. The Balaban J connectivity index is 1.76. The van der Waals surface area contributed by atoms with Crippen LogP contribution < -0.4 is 4.90 Å². The minimum absolute atomic E-state index is 0.0790. The van der Waals surface area contributed by atoms with Gasteiger partial charge >= 0.3 is 11.9 Å². The number of Topliss-reactive ketones (excluding diaryl/α,β-unsaturated/α-hetero) is 1. The maximum Gasteiger partial charge on any atom is 0.350 e. The third-order valence-electron chi connectivity index (χ3n) is 6.83. The van der Waals surface area contributed by atoms with E-state index in [1.165, 1.54) is 12.0 Å². The van der Waals surface area contributed by atoms with Crippen LogP contribution in [0.5, 0.6) is 0 Å². The molecule has 0 spiro atoms. The molecular formula is C29H28N4O5S. The van der Waals surface area contributed by atoms with Gasteiger partial charge in [-0.15, -0.1) is 0 Å². The van der Waals surface area contributed by atoms with E-state index in [1.54, 1.807) is 36.6 Å². The number of carbonyl (C=O) groups excluding carboxylic acids is 3. The highest BCUT2D eigenvalue weighted by molar-refractivity contribution is 7.17. The van der Waals surface area contributed by atoms with Crippen LogP contribution >= 0.6 is 11.3 Å². The van der Waals surface area contributed by atoms with Crippen molar-refractivity contribution in [2.75, 3.05) is 12.0 Å². The molecule has 1 fully saturated rings. The van der Waals surface area contributed by atoms with Crippen molar-refractivity contribution >= 4 is 45.5 Å². The van der Waals surface area contributed by atoms with Gasteiger partial charge in [-0.25, -0.2) is 14.8 Å². The fraction of sp³-hybridized carbons (Fsp3) is 0.276. The molecule has 0 aliphatic carbocycles. The molecule has 1 unspecified atom stereocenters. The van der Waals surface area contributed by atoms with Crippen molar-refractivity contribution in [3.8, 4) is 0 Å². The van der Waals surface area contributed by atoms with Gasteiger partial charge in [-0.1, -0.05) is 62.4 Å². The number of ketones is 1. The van der Waals surface area contributed by atoms with Gasteiger partial charge in [-0.05, 0) is 42.5 Å². The molecule has 1 atom stereocenters. The van der Waals surface area contributed by atoms with Crippen LogP contribution in [0.4, 0.5) is 5.13 Å². The Kier molecular flexibility index (Phi) is 6.38. The van der Waals surface area contributed by atoms with E-state index in [-0.39, 0.29) is 26.8 Å². The van der Waals surface area contributed by atoms with E-state index in [4.69, 9.17) is 4.74 Å². The fourth-order valence-electron chi connectivity index (χ4n) is 4.80. The number of nitrogens with zero attached hydrogens (tertiary/aromatic N) is 4. The first-order chi connectivity index (χ1) is 18.4. The Morgan fingerprint density at radius 3 is 2.36 bits per heavy atom. The molecule has 0 saturated carbocycles. The summed E-state index contributed by atoms with van der Waals surface area (Å²) in [5, 5.41) is 11.8. The van der Waals surface area contributed by atoms with E-state index in [1.807, 2.05) is 30.3 Å². The van der Waals surface area contributed by atoms with Crippen LogP contribution in [0, 0.1) is 13.8 Å². The number of thiazole rings is 1. The SMILES string of the molecule is COC(=O)c1sc(N2C(=O)C(=O)C(=C(O)c3c(C)nc4ccccn34)C2c2ccc(C(C)(C)C)cc2)nc1C. The number of aromatic nitrogens is 3. The van der Waals surface area contributed by atoms with E-state index >= 15 is 0 Å². The molecule has 4 aromatic rings. The quantitative estimate of drug-likeness (QED) is 0.164. The molecule has 0 bridgehead atoms. The Morgan fingerprint density at radius 1 is 1.03 bits per heavy atom. The standard InChI is InChI=1S/C29H28N4O5S/c1-15-21(32-14-8-7-9-19(32)30-15)23(34)20-22(17-10-12-18(13-11-17)29(3,4)5)33(26(36)24(20)35)28-31-16(2)25(39-28)27(37)38-6/h7-14,22,34H,1-6H3. The molecule has 1 aliphatic rings. The van der Waals surface area contributed by atoms with Gasteiger partial charge in [0.1, 0.15) is 16.2 Å². The summed E-state index contributed by atoms with van der Waals surface area (Å²) in [7, 11) is 1.27. The van der Waals surface area contributed by atoms with Gasteiger partial charge in [0.15, 0.2) is 10.9 Å². The smallest absolute Gasteiger partial charge is 0.350 e. The van der Waals surface area contributed by atoms with Crippen LogP contribution in [0.25, 0.3) is 11.4 Å². The van der Waals surface area contributed by atoms with Crippen LogP contribution in [0.2, 0.25) is 0 Å². The van der Waals surface area contributed by atoms with Crippen molar-refractivity contribution in [2.24, 2.45) is 0 Å². The number of benzene rings is 1. The summed E-state index contributed by atoms with van der Waals surface area (Å²) in [6.45, 7) is 9.65. The van der Waals surface area contributed by atoms with E-state index in [9.17, 15) is 19.5 Å². The molecule has 9 nitrogen and oxygen atoms in total. The number of aliphatic hydroxyl groups is 1. The minimum atomic E-state index is -0.983. The number of anilines is 1. The molecule has 0 radical (unpaired) electrons. The zero-order valence-electron chi connectivity index (χ0n) is 22.5. The summed E-state index contributed by atoms with van der Waals surface area (Å²) in [6, 6.07) is 12.0. The Morgan fingerprint density at radius 2 is 1.72 bits per heavy atom. The van der Waals surface area contributed by atoms with E-state index in [0.29, 0.717) is 28.3 Å². The number of ether oxygens (including phenoxy) is 1. The third-order valence-corrected chi connectivity index (χ3v) is 7.96. The summed E-state index contributed by atoms with van der Waals surface area (Å²) in [5.74, 6) is -2.62. The van der Waals surface area contributed by atoms with Crippen molar-refractivity contribution in [1.82, 2.24) is 14.4 Å². The van der Waals surface area contributed by atoms with Crippen molar-refractivity contribution < 1.29 is 24.2 Å². The van der Waals surface area contributed by atoms with Gasteiger partial charge in [0.05, 0.1) is 30.1 Å². The number of esters is 1. The highest BCUT2D eigenvalue weighted by atomic mass is 32.1. The molecule has 1 aromatic carbocycles. The van der Waals surface area contributed by atoms with Crippen LogP contribution in [0.3, 0.4) is 0 Å². The molecule has 1 amide bonds. The van der Waals surface area contributed by atoms with Crippen molar-refractivity contribution in [1.29, 1.82) is 0 Å². The molecule has 5 rings (SSSR count). The molecule has 3 aromatic heterocycles.